The van der Waals surface area contributed by atoms with Gasteiger partial charge < -0.3 is 0 Å². The second-order valence-electron chi connectivity index (χ2n) is 4.26. The van der Waals surface area contributed by atoms with Crippen molar-refractivity contribution in [1.82, 2.24) is 0 Å². The van der Waals surface area contributed by atoms with E-state index < -0.39 is 15.8 Å². The van der Waals surface area contributed by atoms with Crippen molar-refractivity contribution in [2.24, 2.45) is 0 Å². The van der Waals surface area contributed by atoms with Crippen molar-refractivity contribution in [3.63, 3.8) is 0 Å². The van der Waals surface area contributed by atoms with Crippen LogP contribution in [0.3, 0.4) is 0 Å². The van der Waals surface area contributed by atoms with Gasteiger partial charge in [0.25, 0.3) is 10.0 Å². The zero-order valence-corrected chi connectivity index (χ0v) is 15.4. The topological polar surface area (TPSA) is 46.2 Å². The third-order valence-electron chi connectivity index (χ3n) is 2.69. The van der Waals surface area contributed by atoms with Gasteiger partial charge in [0.2, 0.25) is 0 Å². The van der Waals surface area contributed by atoms with Crippen LogP contribution in [0.5, 0.6) is 0 Å². The minimum Gasteiger partial charge on any atom is -0.278 e. The molecule has 0 heterocycles. The van der Waals surface area contributed by atoms with Gasteiger partial charge in [0, 0.05) is 9.50 Å². The molecule has 0 unspecified atom stereocenters. The molecule has 3 nitrogen and oxygen atoms in total. The second kappa shape index (κ2) is 6.24. The van der Waals surface area contributed by atoms with Crippen LogP contribution in [0.4, 0.5) is 10.1 Å². The number of halogens is 4. The zero-order valence-electron chi connectivity index (χ0n) is 10.6. The van der Waals surface area contributed by atoms with Crippen molar-refractivity contribution in [1.29, 1.82) is 0 Å². The molecule has 0 saturated heterocycles. The number of anilines is 1. The van der Waals surface area contributed by atoms with Crippen LogP contribution in [0.15, 0.2) is 44.2 Å². The van der Waals surface area contributed by atoms with Gasteiger partial charge in [0.15, 0.2) is 0 Å². The Morgan fingerprint density at radius 3 is 2.43 bits per heavy atom. The molecule has 112 valence electrons. The summed E-state index contributed by atoms with van der Waals surface area (Å²) in [5.41, 5.74) is 1.09. The molecule has 8 heteroatoms. The first kappa shape index (κ1) is 16.7. The largest absolute Gasteiger partial charge is 0.278 e. The Morgan fingerprint density at radius 2 is 1.81 bits per heavy atom. The summed E-state index contributed by atoms with van der Waals surface area (Å²) in [4.78, 5) is -0.174. The van der Waals surface area contributed by atoms with E-state index >= 15 is 0 Å². The summed E-state index contributed by atoms with van der Waals surface area (Å²) < 4.78 is 41.1. The molecular formula is C13H9Br2ClFNO2S. The number of benzene rings is 2. The fraction of sp³-hybridized carbons (Fsp3) is 0.0769. The predicted molar refractivity (Wildman–Crippen MR) is 88.8 cm³/mol. The molecule has 2 aromatic carbocycles. The van der Waals surface area contributed by atoms with Crippen molar-refractivity contribution in [2.75, 3.05) is 4.72 Å². The van der Waals surface area contributed by atoms with Crippen molar-refractivity contribution in [3.05, 3.63) is 55.7 Å². The fourth-order valence-corrected chi connectivity index (χ4v) is 3.75. The second-order valence-corrected chi connectivity index (χ2v) is 8.06. The van der Waals surface area contributed by atoms with Crippen molar-refractivity contribution in [3.8, 4) is 0 Å². The van der Waals surface area contributed by atoms with E-state index in [1.807, 2.05) is 0 Å². The first-order valence-electron chi connectivity index (χ1n) is 5.64. The third-order valence-corrected chi connectivity index (χ3v) is 5.76. The summed E-state index contributed by atoms with van der Waals surface area (Å²) in [7, 11) is -3.90. The highest BCUT2D eigenvalue weighted by Gasteiger charge is 2.18. The van der Waals surface area contributed by atoms with Crippen LogP contribution < -0.4 is 4.72 Å². The van der Waals surface area contributed by atoms with Crippen LogP contribution in [0.2, 0.25) is 5.02 Å². The number of rotatable bonds is 3. The number of hydrogen-bond donors (Lipinski definition) is 1. The summed E-state index contributed by atoms with van der Waals surface area (Å²) in [6.45, 7) is 1.80. The molecule has 0 amide bonds. The molecule has 0 aliphatic carbocycles. The zero-order chi connectivity index (χ0) is 15.8. The van der Waals surface area contributed by atoms with Crippen LogP contribution in [-0.2, 0) is 10.0 Å². The van der Waals surface area contributed by atoms with E-state index in [0.29, 0.717) is 9.50 Å². The summed E-state index contributed by atoms with van der Waals surface area (Å²) >= 11 is 12.2. The van der Waals surface area contributed by atoms with Crippen LogP contribution in [0, 0.1) is 12.7 Å². The maximum atomic E-state index is 13.5. The molecule has 0 spiro atoms. The van der Waals surface area contributed by atoms with Crippen LogP contribution in [0.1, 0.15) is 5.56 Å². The molecule has 0 radical (unpaired) electrons. The Kier molecular flexibility index (Phi) is 4.97. The van der Waals surface area contributed by atoms with Gasteiger partial charge in [0.05, 0.1) is 15.1 Å². The molecule has 2 aromatic rings. The first-order chi connectivity index (χ1) is 9.70. The van der Waals surface area contributed by atoms with Crippen molar-refractivity contribution < 1.29 is 12.8 Å². The Balaban J connectivity index is 2.42. The van der Waals surface area contributed by atoms with Crippen molar-refractivity contribution >= 4 is 59.2 Å². The highest BCUT2D eigenvalue weighted by molar-refractivity contribution is 9.10. The van der Waals surface area contributed by atoms with Gasteiger partial charge in [-0.15, -0.1) is 0 Å². The maximum absolute atomic E-state index is 13.5. The van der Waals surface area contributed by atoms with Crippen molar-refractivity contribution in [2.45, 2.75) is 11.8 Å². The van der Waals surface area contributed by atoms with Gasteiger partial charge in [0.1, 0.15) is 5.82 Å². The van der Waals surface area contributed by atoms with E-state index in [9.17, 15) is 12.8 Å². The van der Waals surface area contributed by atoms with Crippen LogP contribution in [0.25, 0.3) is 0 Å². The lowest BCUT2D eigenvalue weighted by Crippen LogP contribution is -2.13. The van der Waals surface area contributed by atoms with E-state index in [-0.39, 0.29) is 15.1 Å². The van der Waals surface area contributed by atoms with E-state index in [0.717, 1.165) is 11.6 Å². The molecule has 2 rings (SSSR count). The average molecular weight is 458 g/mol. The Labute approximate surface area is 143 Å². The van der Waals surface area contributed by atoms with E-state index in [1.54, 1.807) is 13.0 Å². The average Bonchev–Trinajstić information content (AvgIpc) is 2.39. The normalized spacial score (nSPS) is 11.5. The molecule has 0 aromatic heterocycles. The maximum Gasteiger partial charge on any atom is 0.262 e. The molecule has 0 bridgehead atoms. The van der Waals surface area contributed by atoms with Gasteiger partial charge in [-0.2, -0.15) is 0 Å². The Morgan fingerprint density at radius 1 is 1.14 bits per heavy atom. The quantitative estimate of drug-likeness (QED) is 0.696. The molecule has 0 atom stereocenters. The van der Waals surface area contributed by atoms with E-state index in [1.165, 1.54) is 18.2 Å². The Hall–Kier alpha value is -0.630. The lowest BCUT2D eigenvalue weighted by atomic mass is 10.2. The minimum atomic E-state index is -3.90. The number of aryl methyl sites for hydroxylation is 1. The standard InChI is InChI=1S/C13H9Br2ClFNO2S/c1-7-4-10(15)13(6-11(7)16)18-21(19,20)8-2-3-9(14)12(17)5-8/h2-6,18H,1H3. The monoisotopic (exact) mass is 455 g/mol. The van der Waals surface area contributed by atoms with Crippen LogP contribution in [-0.4, -0.2) is 8.42 Å². The predicted octanol–water partition coefficient (Wildman–Crippen LogP) is 5.11. The number of nitrogens with one attached hydrogen (secondary N) is 1. The molecular weight excluding hydrogens is 448 g/mol. The van der Waals surface area contributed by atoms with Gasteiger partial charge in [-0.05, 0) is 74.7 Å². The van der Waals surface area contributed by atoms with Gasteiger partial charge >= 0.3 is 0 Å². The van der Waals surface area contributed by atoms with Gasteiger partial charge in [-0.25, -0.2) is 12.8 Å². The smallest absolute Gasteiger partial charge is 0.262 e. The lowest BCUT2D eigenvalue weighted by Gasteiger charge is -2.11. The molecule has 0 aliphatic heterocycles. The summed E-state index contributed by atoms with van der Waals surface area (Å²) in [6, 6.07) is 6.77. The minimum absolute atomic E-state index is 0.174. The summed E-state index contributed by atoms with van der Waals surface area (Å²) in [6.07, 6.45) is 0. The summed E-state index contributed by atoms with van der Waals surface area (Å²) in [5.74, 6) is -0.654. The van der Waals surface area contributed by atoms with Gasteiger partial charge in [-0.1, -0.05) is 11.6 Å². The number of sulfonamides is 1. The first-order valence-corrected chi connectivity index (χ1v) is 9.09. The molecule has 1 N–H and O–H groups in total. The number of hydrogen-bond acceptors (Lipinski definition) is 2. The third kappa shape index (κ3) is 3.77. The van der Waals surface area contributed by atoms with E-state index in [4.69, 9.17) is 11.6 Å². The van der Waals surface area contributed by atoms with Gasteiger partial charge in [-0.3, -0.25) is 4.72 Å². The van der Waals surface area contributed by atoms with Crippen LogP contribution >= 0.6 is 43.5 Å². The highest BCUT2D eigenvalue weighted by Crippen LogP contribution is 2.31. The SMILES string of the molecule is Cc1cc(Br)c(NS(=O)(=O)c2ccc(Br)c(F)c2)cc1Cl. The molecule has 0 aliphatic rings. The fourth-order valence-electron chi connectivity index (χ4n) is 1.57. The van der Waals surface area contributed by atoms with E-state index in [2.05, 4.69) is 36.6 Å². The molecule has 0 fully saturated rings. The molecule has 21 heavy (non-hydrogen) atoms. The molecule has 0 saturated carbocycles. The highest BCUT2D eigenvalue weighted by atomic mass is 79.9. The summed E-state index contributed by atoms with van der Waals surface area (Å²) in [5, 5.41) is 0.429. The Bertz CT molecular complexity index is 812. The lowest BCUT2D eigenvalue weighted by molar-refractivity contribution is 0.593.